The number of ether oxygens (including phenoxy) is 1. The van der Waals surface area contributed by atoms with E-state index in [2.05, 4.69) is 89.8 Å². The second-order valence-corrected chi connectivity index (χ2v) is 13.6. The Balaban J connectivity index is 1.64. The summed E-state index contributed by atoms with van der Waals surface area (Å²) >= 11 is 5.91. The maximum atomic E-state index is 16.3. The smallest absolute Gasteiger partial charge is 0.496 e. The number of aromatic nitrogens is 1. The lowest BCUT2D eigenvalue weighted by Gasteiger charge is -2.28. The van der Waals surface area contributed by atoms with Gasteiger partial charge in [-0.05, 0) is 70.9 Å². The molecule has 0 amide bonds. The number of hydrogen-bond acceptors (Lipinski definition) is 2. The zero-order valence-electron chi connectivity index (χ0n) is 26.5. The van der Waals surface area contributed by atoms with Crippen LogP contribution in [0.3, 0.4) is 0 Å². The predicted molar refractivity (Wildman–Crippen MR) is 182 cm³/mol. The summed E-state index contributed by atoms with van der Waals surface area (Å²) < 4.78 is 25.8. The number of alkyl halides is 1. The van der Waals surface area contributed by atoms with Crippen LogP contribution in [0.15, 0.2) is 72.6 Å². The Kier molecular flexibility index (Phi) is 8.12. The maximum Gasteiger partial charge on any atom is 0.846 e. The molecule has 4 nitrogen and oxygen atoms in total. The molecule has 0 fully saturated rings. The molecule has 0 unspecified atom stereocenters. The van der Waals surface area contributed by atoms with Crippen LogP contribution in [-0.4, -0.2) is 35.4 Å². The van der Waals surface area contributed by atoms with E-state index in [-0.39, 0.29) is 10.8 Å². The number of aryl methyl sites for hydroxylation is 1. The van der Waals surface area contributed by atoms with Crippen LogP contribution >= 0.6 is 11.6 Å². The van der Waals surface area contributed by atoms with Gasteiger partial charge in [0.1, 0.15) is 12.0 Å². The van der Waals surface area contributed by atoms with E-state index in [4.69, 9.17) is 16.3 Å². The Hall–Kier alpha value is -3.77. The standard InChI is InChI=1S/C36H40BClFN3O/c1-23-19-29(17-14-26-20-27(35(3,4)5)21-30(34(26)43-9)36(6,7)8)42-33(23)32(31-11-10-18-41(31)37(42)39)25-12-15-28(16-13-25)40-24(2)22-38/h10-21H,2,22H2,1,3-9H3/p+1/b17-14+. The Labute approximate surface area is 261 Å². The van der Waals surface area contributed by atoms with Crippen LogP contribution in [0.1, 0.15) is 80.7 Å². The van der Waals surface area contributed by atoms with Crippen LogP contribution < -0.4 is 10.1 Å². The fourth-order valence-corrected chi connectivity index (χ4v) is 5.87. The van der Waals surface area contributed by atoms with Gasteiger partial charge in [-0.15, -0.1) is 11.6 Å². The molecule has 0 bridgehead atoms. The van der Waals surface area contributed by atoms with Gasteiger partial charge in [0.25, 0.3) is 0 Å². The van der Waals surface area contributed by atoms with E-state index >= 15 is 4.32 Å². The highest BCUT2D eigenvalue weighted by Crippen LogP contribution is 2.41. The zero-order valence-corrected chi connectivity index (χ0v) is 27.2. The predicted octanol–water partition coefficient (Wildman–Crippen LogP) is 8.96. The van der Waals surface area contributed by atoms with Crippen molar-refractivity contribution in [1.29, 1.82) is 0 Å². The number of halogens is 2. The lowest BCUT2D eigenvalue weighted by Crippen LogP contribution is -2.39. The number of hydrogen-bond donors (Lipinski definition) is 1. The number of nitrogens with one attached hydrogen (secondary N) is 1. The Morgan fingerprint density at radius 2 is 1.77 bits per heavy atom. The molecule has 2 aliphatic rings. The molecule has 0 spiro atoms. The van der Waals surface area contributed by atoms with Crippen molar-refractivity contribution >= 4 is 48.5 Å². The molecule has 0 saturated carbocycles. The molecule has 2 aliphatic heterocycles. The van der Waals surface area contributed by atoms with Gasteiger partial charge in [0.2, 0.25) is 0 Å². The van der Waals surface area contributed by atoms with Crippen LogP contribution in [0.4, 0.5) is 10.0 Å². The van der Waals surface area contributed by atoms with Crippen molar-refractivity contribution in [2.75, 3.05) is 18.3 Å². The largest absolute Gasteiger partial charge is 0.846 e. The zero-order chi connectivity index (χ0) is 31.3. The van der Waals surface area contributed by atoms with Gasteiger partial charge in [-0.1, -0.05) is 66.3 Å². The summed E-state index contributed by atoms with van der Waals surface area (Å²) in [6, 6.07) is 14.6. The SMILES string of the molecule is C=C(CCl)Nc1ccc(C2=C3C=CC=[N+]3B(F)n3c(/C=C/c4cc(C(C)(C)C)cc(C(C)(C)C)c4OC)cc(C)c32)cc1. The molecule has 5 rings (SSSR count). The minimum Gasteiger partial charge on any atom is -0.496 e. The summed E-state index contributed by atoms with van der Waals surface area (Å²) in [7, 11) is 0.346. The number of rotatable bonds is 7. The Morgan fingerprint density at radius 1 is 1.07 bits per heavy atom. The van der Waals surface area contributed by atoms with Crippen molar-refractivity contribution in [3.05, 3.63) is 112 Å². The third-order valence-electron chi connectivity index (χ3n) is 8.06. The molecule has 0 saturated heterocycles. The molecular weight excluding hydrogens is 556 g/mol. The number of methoxy groups -OCH3 is 1. The summed E-state index contributed by atoms with van der Waals surface area (Å²) in [5.41, 5.74) is 10.3. The van der Waals surface area contributed by atoms with Gasteiger partial charge >= 0.3 is 7.26 Å². The fraction of sp³-hybridized carbons (Fsp3) is 0.306. The van der Waals surface area contributed by atoms with Gasteiger partial charge in [0.15, 0.2) is 5.70 Å². The normalized spacial score (nSPS) is 14.7. The van der Waals surface area contributed by atoms with E-state index in [1.807, 2.05) is 37.3 Å². The van der Waals surface area contributed by atoms with Crippen molar-refractivity contribution in [1.82, 2.24) is 4.48 Å². The van der Waals surface area contributed by atoms with Crippen LogP contribution in [0, 0.1) is 6.92 Å². The van der Waals surface area contributed by atoms with Crippen LogP contribution in [0.25, 0.3) is 17.7 Å². The number of nitrogens with zero attached hydrogens (tertiary/aromatic N) is 2. The summed E-state index contributed by atoms with van der Waals surface area (Å²) in [4.78, 5) is 0. The van der Waals surface area contributed by atoms with Crippen molar-refractivity contribution in [2.24, 2.45) is 0 Å². The van der Waals surface area contributed by atoms with Gasteiger partial charge in [0, 0.05) is 40.4 Å². The second kappa shape index (κ2) is 11.4. The van der Waals surface area contributed by atoms with E-state index in [9.17, 15) is 0 Å². The molecule has 0 radical (unpaired) electrons. The van der Waals surface area contributed by atoms with Gasteiger partial charge < -0.3 is 10.1 Å². The number of allylic oxidation sites excluding steroid dienone is 3. The second-order valence-electron chi connectivity index (χ2n) is 13.4. The average molecular weight is 597 g/mol. The Morgan fingerprint density at radius 3 is 2.37 bits per heavy atom. The highest BCUT2D eigenvalue weighted by atomic mass is 35.5. The molecule has 1 N–H and O–H groups in total. The highest BCUT2D eigenvalue weighted by molar-refractivity contribution is 6.43. The number of fused-ring (bicyclic) bond motifs is 2. The molecule has 222 valence electrons. The Bertz CT molecular complexity index is 1710. The minimum absolute atomic E-state index is 0.0410. The van der Waals surface area contributed by atoms with Gasteiger partial charge in [0.05, 0.1) is 24.3 Å². The quantitative estimate of drug-likeness (QED) is 0.218. The first kappa shape index (κ1) is 30.7. The van der Waals surface area contributed by atoms with Crippen LogP contribution in [-0.2, 0) is 10.8 Å². The van der Waals surface area contributed by atoms with Crippen molar-refractivity contribution in [3.63, 3.8) is 0 Å². The van der Waals surface area contributed by atoms with E-state index in [0.717, 1.165) is 62.0 Å². The van der Waals surface area contributed by atoms with Gasteiger partial charge in [-0.25, -0.2) is 8.80 Å². The highest BCUT2D eigenvalue weighted by Gasteiger charge is 2.48. The van der Waals surface area contributed by atoms with E-state index in [1.54, 1.807) is 22.3 Å². The first-order valence-electron chi connectivity index (χ1n) is 14.7. The summed E-state index contributed by atoms with van der Waals surface area (Å²) in [5, 5.41) is 3.22. The molecule has 1 aromatic heterocycles. The molecule has 0 aliphatic carbocycles. The van der Waals surface area contributed by atoms with Crippen LogP contribution in [0.2, 0.25) is 0 Å². The molecule has 3 heterocycles. The molecule has 2 aromatic carbocycles. The number of benzene rings is 2. The van der Waals surface area contributed by atoms with Crippen LogP contribution in [0.5, 0.6) is 5.75 Å². The number of anilines is 1. The fourth-order valence-electron chi connectivity index (χ4n) is 5.80. The lowest BCUT2D eigenvalue weighted by molar-refractivity contribution is -0.329. The van der Waals surface area contributed by atoms with E-state index in [0.29, 0.717) is 5.88 Å². The monoisotopic (exact) mass is 596 g/mol. The third kappa shape index (κ3) is 5.78. The maximum absolute atomic E-state index is 16.3. The summed E-state index contributed by atoms with van der Waals surface area (Å²) in [6.45, 7) is 19.2. The van der Waals surface area contributed by atoms with E-state index < -0.39 is 7.26 Å². The van der Waals surface area contributed by atoms with Crippen molar-refractivity contribution in [3.8, 4) is 5.75 Å². The average Bonchev–Trinajstić information content (AvgIpc) is 3.56. The molecule has 43 heavy (non-hydrogen) atoms. The van der Waals surface area contributed by atoms with Gasteiger partial charge in [-0.2, -0.15) is 0 Å². The third-order valence-corrected chi connectivity index (χ3v) is 8.38. The molecule has 3 aromatic rings. The van der Waals surface area contributed by atoms with Crippen molar-refractivity contribution in [2.45, 2.75) is 59.3 Å². The summed E-state index contributed by atoms with van der Waals surface area (Å²) in [5.74, 6) is 1.18. The topological polar surface area (TPSA) is 29.2 Å². The minimum atomic E-state index is -1.38. The molecule has 7 heteroatoms. The molecule has 0 atom stereocenters. The van der Waals surface area contributed by atoms with Gasteiger partial charge in [-0.3, -0.25) is 4.48 Å². The molecular formula is C36H41BClFN3O+. The first-order valence-corrected chi connectivity index (χ1v) is 15.2. The lowest BCUT2D eigenvalue weighted by atomic mass is 9.79. The van der Waals surface area contributed by atoms with E-state index in [1.165, 1.54) is 5.56 Å². The first-order chi connectivity index (χ1) is 20.2. The summed E-state index contributed by atoms with van der Waals surface area (Å²) in [6.07, 6.45) is 9.75. The van der Waals surface area contributed by atoms with Crippen molar-refractivity contribution < 1.29 is 13.5 Å².